The number of hydrogen-bond donors (Lipinski definition) is 2. The maximum absolute atomic E-state index is 12.0. The van der Waals surface area contributed by atoms with Gasteiger partial charge in [-0.1, -0.05) is 35.5 Å². The van der Waals surface area contributed by atoms with Crippen LogP contribution in [0.5, 0.6) is 5.88 Å². The summed E-state index contributed by atoms with van der Waals surface area (Å²) in [5, 5.41) is 8.72. The molecule has 138 valence electrons. The number of carbonyl (C=O) groups excluding carboxylic acids is 2. The van der Waals surface area contributed by atoms with Crippen molar-refractivity contribution in [1.82, 2.24) is 20.4 Å². The molecule has 0 spiro atoms. The van der Waals surface area contributed by atoms with E-state index in [0.29, 0.717) is 17.9 Å². The van der Waals surface area contributed by atoms with E-state index >= 15 is 0 Å². The van der Waals surface area contributed by atoms with Crippen LogP contribution < -0.4 is 15.4 Å². The largest absolute Gasteiger partial charge is 0.480 e. The number of amides is 2. The lowest BCUT2D eigenvalue weighted by molar-refractivity contribution is -0.136. The number of carbonyl (C=O) groups is 2. The maximum atomic E-state index is 12.0. The quantitative estimate of drug-likeness (QED) is 0.631. The van der Waals surface area contributed by atoms with Gasteiger partial charge in [-0.3, -0.25) is 9.59 Å². The first kappa shape index (κ1) is 18.1. The van der Waals surface area contributed by atoms with Crippen LogP contribution in [0.2, 0.25) is 0 Å². The Morgan fingerprint density at radius 2 is 1.93 bits per heavy atom. The van der Waals surface area contributed by atoms with E-state index in [1.165, 1.54) is 13.3 Å². The molecule has 0 saturated carbocycles. The standard InChI is InChI=1S/C18H17N5O4/c1-26-18-13(8-5-9-19-18)21-17(25)16(24)20-11-15-22-14(23-27-15)10-12-6-3-2-4-7-12/h2-9H,10-11H2,1H3,(H,20,24)(H,21,25). The zero-order chi connectivity index (χ0) is 19.1. The van der Waals surface area contributed by atoms with E-state index in [0.717, 1.165) is 5.56 Å². The van der Waals surface area contributed by atoms with E-state index < -0.39 is 11.8 Å². The third kappa shape index (κ3) is 4.88. The van der Waals surface area contributed by atoms with Crippen molar-refractivity contribution in [2.45, 2.75) is 13.0 Å². The molecule has 2 N–H and O–H groups in total. The number of hydrogen-bond acceptors (Lipinski definition) is 7. The lowest BCUT2D eigenvalue weighted by Crippen LogP contribution is -2.35. The fourth-order valence-corrected chi connectivity index (χ4v) is 2.28. The number of anilines is 1. The molecule has 2 heterocycles. The summed E-state index contributed by atoms with van der Waals surface area (Å²) in [6.45, 7) is -0.0573. The second kappa shape index (κ2) is 8.56. The van der Waals surface area contributed by atoms with Gasteiger partial charge in [0.2, 0.25) is 11.8 Å². The van der Waals surface area contributed by atoms with Crippen molar-refractivity contribution in [3.63, 3.8) is 0 Å². The summed E-state index contributed by atoms with van der Waals surface area (Å²) in [7, 11) is 1.42. The average molecular weight is 367 g/mol. The van der Waals surface area contributed by atoms with Gasteiger partial charge < -0.3 is 19.9 Å². The van der Waals surface area contributed by atoms with Crippen LogP contribution in [0, 0.1) is 0 Å². The summed E-state index contributed by atoms with van der Waals surface area (Å²) >= 11 is 0. The van der Waals surface area contributed by atoms with Gasteiger partial charge in [-0.25, -0.2) is 4.98 Å². The summed E-state index contributed by atoms with van der Waals surface area (Å²) in [4.78, 5) is 32.1. The molecule has 0 bridgehead atoms. The zero-order valence-electron chi connectivity index (χ0n) is 14.5. The highest BCUT2D eigenvalue weighted by molar-refractivity contribution is 6.39. The highest BCUT2D eigenvalue weighted by atomic mass is 16.5. The van der Waals surface area contributed by atoms with Gasteiger partial charge in [0.25, 0.3) is 0 Å². The van der Waals surface area contributed by atoms with Crippen LogP contribution in [-0.2, 0) is 22.6 Å². The predicted octanol–water partition coefficient (Wildman–Crippen LogP) is 1.32. The summed E-state index contributed by atoms with van der Waals surface area (Å²) in [6, 6.07) is 12.9. The molecule has 27 heavy (non-hydrogen) atoms. The van der Waals surface area contributed by atoms with E-state index in [4.69, 9.17) is 9.26 Å². The van der Waals surface area contributed by atoms with Gasteiger partial charge in [0.1, 0.15) is 5.69 Å². The number of benzene rings is 1. The van der Waals surface area contributed by atoms with E-state index in [1.54, 1.807) is 12.1 Å². The Balaban J connectivity index is 1.52. The molecule has 2 amide bonds. The van der Waals surface area contributed by atoms with Gasteiger partial charge >= 0.3 is 11.8 Å². The van der Waals surface area contributed by atoms with Crippen LogP contribution in [0.1, 0.15) is 17.3 Å². The number of nitrogens with zero attached hydrogens (tertiary/aromatic N) is 3. The molecular weight excluding hydrogens is 350 g/mol. The number of nitrogens with one attached hydrogen (secondary N) is 2. The normalized spacial score (nSPS) is 10.3. The topological polar surface area (TPSA) is 119 Å². The molecule has 9 heteroatoms. The first-order valence-electron chi connectivity index (χ1n) is 8.09. The van der Waals surface area contributed by atoms with Gasteiger partial charge in [0.05, 0.1) is 13.7 Å². The van der Waals surface area contributed by atoms with Crippen molar-refractivity contribution in [3.8, 4) is 5.88 Å². The van der Waals surface area contributed by atoms with Crippen LogP contribution in [0.3, 0.4) is 0 Å². The Kier molecular flexibility index (Phi) is 5.73. The molecule has 3 rings (SSSR count). The van der Waals surface area contributed by atoms with Crippen molar-refractivity contribution in [1.29, 1.82) is 0 Å². The van der Waals surface area contributed by atoms with Crippen molar-refractivity contribution >= 4 is 17.5 Å². The van der Waals surface area contributed by atoms with Crippen LogP contribution in [0.15, 0.2) is 53.2 Å². The molecule has 0 aliphatic heterocycles. The number of pyridine rings is 1. The fourth-order valence-electron chi connectivity index (χ4n) is 2.28. The Bertz CT molecular complexity index is 926. The van der Waals surface area contributed by atoms with Crippen molar-refractivity contribution in [3.05, 3.63) is 65.9 Å². The van der Waals surface area contributed by atoms with Gasteiger partial charge in [-0.05, 0) is 17.7 Å². The van der Waals surface area contributed by atoms with Gasteiger partial charge in [-0.2, -0.15) is 4.98 Å². The molecule has 0 aliphatic carbocycles. The first-order valence-corrected chi connectivity index (χ1v) is 8.09. The van der Waals surface area contributed by atoms with Crippen molar-refractivity contribution in [2.24, 2.45) is 0 Å². The molecule has 0 fully saturated rings. The zero-order valence-corrected chi connectivity index (χ0v) is 14.5. The van der Waals surface area contributed by atoms with Gasteiger partial charge in [0, 0.05) is 12.6 Å². The number of ether oxygens (including phenoxy) is 1. The average Bonchev–Trinajstić information content (AvgIpc) is 3.14. The first-order chi connectivity index (χ1) is 13.2. The SMILES string of the molecule is COc1ncccc1NC(=O)C(=O)NCc1nc(Cc2ccccc2)no1. The molecule has 3 aromatic rings. The van der Waals surface area contributed by atoms with E-state index in [-0.39, 0.29) is 18.3 Å². The smallest absolute Gasteiger partial charge is 0.313 e. The minimum atomic E-state index is -0.856. The number of aromatic nitrogens is 3. The van der Waals surface area contributed by atoms with Crippen LogP contribution >= 0.6 is 0 Å². The summed E-state index contributed by atoms with van der Waals surface area (Å²) in [6.07, 6.45) is 2.02. The molecule has 1 aromatic carbocycles. The Morgan fingerprint density at radius 3 is 2.70 bits per heavy atom. The minimum absolute atomic E-state index is 0.0573. The van der Waals surface area contributed by atoms with Crippen LogP contribution in [-0.4, -0.2) is 34.0 Å². The highest BCUT2D eigenvalue weighted by Gasteiger charge is 2.17. The van der Waals surface area contributed by atoms with E-state index in [2.05, 4.69) is 25.8 Å². The molecule has 0 radical (unpaired) electrons. The summed E-state index contributed by atoms with van der Waals surface area (Å²) < 4.78 is 10.1. The fraction of sp³-hybridized carbons (Fsp3) is 0.167. The van der Waals surface area contributed by atoms with Crippen molar-refractivity contribution in [2.75, 3.05) is 12.4 Å². The Labute approximate surface area is 154 Å². The second-order valence-corrected chi connectivity index (χ2v) is 5.46. The summed E-state index contributed by atoms with van der Waals surface area (Å²) in [5.41, 5.74) is 1.33. The maximum Gasteiger partial charge on any atom is 0.313 e. The van der Waals surface area contributed by atoms with Crippen LogP contribution in [0.4, 0.5) is 5.69 Å². The second-order valence-electron chi connectivity index (χ2n) is 5.46. The summed E-state index contributed by atoms with van der Waals surface area (Å²) in [5.74, 6) is -0.786. The third-order valence-electron chi connectivity index (χ3n) is 3.53. The molecular formula is C18H17N5O4. The Hall–Kier alpha value is -3.75. The lowest BCUT2D eigenvalue weighted by Gasteiger charge is -2.08. The monoisotopic (exact) mass is 367 g/mol. The molecule has 0 atom stereocenters. The minimum Gasteiger partial charge on any atom is -0.480 e. The molecule has 0 saturated heterocycles. The van der Waals surface area contributed by atoms with Crippen molar-refractivity contribution < 1.29 is 18.8 Å². The molecule has 9 nitrogen and oxygen atoms in total. The lowest BCUT2D eigenvalue weighted by atomic mass is 10.1. The predicted molar refractivity (Wildman–Crippen MR) is 94.8 cm³/mol. The van der Waals surface area contributed by atoms with Gasteiger partial charge in [0.15, 0.2) is 5.82 Å². The number of methoxy groups -OCH3 is 1. The van der Waals surface area contributed by atoms with Gasteiger partial charge in [-0.15, -0.1) is 0 Å². The Morgan fingerprint density at radius 1 is 1.11 bits per heavy atom. The van der Waals surface area contributed by atoms with E-state index in [9.17, 15) is 9.59 Å². The van der Waals surface area contributed by atoms with E-state index in [1.807, 2.05) is 30.3 Å². The third-order valence-corrected chi connectivity index (χ3v) is 3.53. The molecule has 2 aromatic heterocycles. The molecule has 0 aliphatic rings. The number of rotatable bonds is 6. The highest BCUT2D eigenvalue weighted by Crippen LogP contribution is 2.19. The molecule has 0 unspecified atom stereocenters. The van der Waals surface area contributed by atoms with Crippen LogP contribution in [0.25, 0.3) is 0 Å².